The van der Waals surface area contributed by atoms with E-state index in [2.05, 4.69) is 0 Å². The molecule has 0 unspecified atom stereocenters. The fraction of sp³-hybridized carbons (Fsp3) is 0.667. The third-order valence-electron chi connectivity index (χ3n) is 6.27. The van der Waals surface area contributed by atoms with E-state index in [1.54, 1.807) is 0 Å². The van der Waals surface area contributed by atoms with E-state index in [0.717, 1.165) is 37.0 Å². The van der Waals surface area contributed by atoms with Crippen molar-refractivity contribution in [3.8, 4) is 0 Å². The van der Waals surface area contributed by atoms with E-state index < -0.39 is 28.8 Å². The lowest BCUT2D eigenvalue weighted by molar-refractivity contribution is -0.0571. The van der Waals surface area contributed by atoms with Gasteiger partial charge in [-0.15, -0.1) is 0 Å². The largest absolute Gasteiger partial charge is 0.204 e. The molecule has 0 amide bonds. The molecular weight excluding hydrogens is 292 g/mol. The van der Waals surface area contributed by atoms with Gasteiger partial charge in [0.25, 0.3) is 0 Å². The topological polar surface area (TPSA) is 0 Å². The molecule has 4 heteroatoms. The molecule has 4 fully saturated rings. The van der Waals surface area contributed by atoms with Gasteiger partial charge in [-0.3, -0.25) is 0 Å². The van der Waals surface area contributed by atoms with E-state index in [1.807, 2.05) is 0 Å². The number of benzene rings is 1. The second-order valence-corrected chi connectivity index (χ2v) is 7.86. The molecule has 1 aromatic carbocycles. The SMILES string of the molecule is Fc1cc(F)c(F)c(CCC23CC4CC(CC(C4)C2)C3)c1F. The molecule has 120 valence electrons. The highest BCUT2D eigenvalue weighted by molar-refractivity contribution is 5.23. The molecule has 5 rings (SSSR count). The van der Waals surface area contributed by atoms with Crippen molar-refractivity contribution in [3.05, 3.63) is 34.9 Å². The lowest BCUT2D eigenvalue weighted by atomic mass is 9.48. The highest BCUT2D eigenvalue weighted by atomic mass is 19.2. The standard InChI is InChI=1S/C18H20F4/c19-14-6-15(20)17(22)13(16(14)21)1-2-18-7-10-3-11(8-18)5-12(4-10)9-18/h6,10-12H,1-5,7-9H2. The van der Waals surface area contributed by atoms with Crippen molar-refractivity contribution in [1.29, 1.82) is 0 Å². The summed E-state index contributed by atoms with van der Waals surface area (Å²) in [5, 5.41) is 0. The molecule has 0 atom stereocenters. The highest BCUT2D eigenvalue weighted by Gasteiger charge is 2.50. The molecule has 4 bridgehead atoms. The van der Waals surface area contributed by atoms with Gasteiger partial charge in [0.1, 0.15) is 0 Å². The zero-order valence-electron chi connectivity index (χ0n) is 12.5. The minimum atomic E-state index is -1.29. The summed E-state index contributed by atoms with van der Waals surface area (Å²) in [6.45, 7) is 0. The van der Waals surface area contributed by atoms with Gasteiger partial charge in [0.15, 0.2) is 23.3 Å². The number of hydrogen-bond donors (Lipinski definition) is 0. The van der Waals surface area contributed by atoms with Crippen LogP contribution in [0.1, 0.15) is 50.5 Å². The Bertz CT molecular complexity index is 546. The number of rotatable bonds is 3. The van der Waals surface area contributed by atoms with Crippen molar-refractivity contribution < 1.29 is 17.6 Å². The smallest absolute Gasteiger partial charge is 0.165 e. The third kappa shape index (κ3) is 2.26. The normalized spacial score (nSPS) is 36.1. The van der Waals surface area contributed by atoms with E-state index in [4.69, 9.17) is 0 Å². The molecule has 0 N–H and O–H groups in total. The molecule has 0 spiro atoms. The number of hydrogen-bond acceptors (Lipinski definition) is 0. The second kappa shape index (κ2) is 4.97. The maximum atomic E-state index is 13.8. The van der Waals surface area contributed by atoms with Gasteiger partial charge in [0.2, 0.25) is 0 Å². The summed E-state index contributed by atoms with van der Waals surface area (Å²) in [6, 6.07) is 0.291. The van der Waals surface area contributed by atoms with Crippen LogP contribution in [0.2, 0.25) is 0 Å². The molecule has 1 aromatic rings. The molecular formula is C18H20F4. The van der Waals surface area contributed by atoms with Crippen molar-refractivity contribution in [2.75, 3.05) is 0 Å². The second-order valence-electron chi connectivity index (χ2n) is 7.86. The van der Waals surface area contributed by atoms with Crippen LogP contribution in [0.25, 0.3) is 0 Å². The fourth-order valence-electron chi connectivity index (χ4n) is 5.83. The zero-order valence-corrected chi connectivity index (χ0v) is 12.5. The van der Waals surface area contributed by atoms with Gasteiger partial charge in [0.05, 0.1) is 0 Å². The van der Waals surface area contributed by atoms with Crippen molar-refractivity contribution in [2.45, 2.75) is 51.4 Å². The predicted molar refractivity (Wildman–Crippen MR) is 75.2 cm³/mol. The van der Waals surface area contributed by atoms with Crippen LogP contribution in [-0.2, 0) is 6.42 Å². The quantitative estimate of drug-likeness (QED) is 0.518. The molecule has 0 aromatic heterocycles. The maximum absolute atomic E-state index is 13.8. The lowest BCUT2D eigenvalue weighted by Crippen LogP contribution is -2.46. The monoisotopic (exact) mass is 312 g/mol. The Morgan fingerprint density at radius 2 is 1.27 bits per heavy atom. The van der Waals surface area contributed by atoms with E-state index in [0.29, 0.717) is 12.5 Å². The van der Waals surface area contributed by atoms with Crippen LogP contribution in [0.4, 0.5) is 17.6 Å². The Balaban J connectivity index is 1.56. The van der Waals surface area contributed by atoms with Crippen LogP contribution in [0.15, 0.2) is 6.07 Å². The van der Waals surface area contributed by atoms with Crippen LogP contribution in [0.5, 0.6) is 0 Å². The first-order chi connectivity index (χ1) is 10.5. The van der Waals surface area contributed by atoms with Gasteiger partial charge in [-0.2, -0.15) is 0 Å². The van der Waals surface area contributed by atoms with Gasteiger partial charge >= 0.3 is 0 Å². The molecule has 0 nitrogen and oxygen atoms in total. The van der Waals surface area contributed by atoms with Gasteiger partial charge in [0, 0.05) is 11.6 Å². The summed E-state index contributed by atoms with van der Waals surface area (Å²) < 4.78 is 54.3. The first kappa shape index (κ1) is 14.5. The molecule has 0 aliphatic heterocycles. The van der Waals surface area contributed by atoms with E-state index in [9.17, 15) is 17.6 Å². The van der Waals surface area contributed by atoms with Crippen LogP contribution in [-0.4, -0.2) is 0 Å². The summed E-state index contributed by atoms with van der Waals surface area (Å²) in [7, 11) is 0. The van der Waals surface area contributed by atoms with E-state index in [1.165, 1.54) is 19.3 Å². The lowest BCUT2D eigenvalue weighted by Gasteiger charge is -2.57. The van der Waals surface area contributed by atoms with Crippen LogP contribution >= 0.6 is 0 Å². The first-order valence-corrected chi connectivity index (χ1v) is 8.28. The first-order valence-electron chi connectivity index (χ1n) is 8.28. The van der Waals surface area contributed by atoms with E-state index in [-0.39, 0.29) is 11.8 Å². The maximum Gasteiger partial charge on any atom is 0.165 e. The van der Waals surface area contributed by atoms with Crippen LogP contribution in [0.3, 0.4) is 0 Å². The summed E-state index contributed by atoms with van der Waals surface area (Å²) in [6.07, 6.45) is 8.02. The fourth-order valence-corrected chi connectivity index (χ4v) is 5.83. The Kier molecular flexibility index (Phi) is 3.28. The van der Waals surface area contributed by atoms with Gasteiger partial charge in [-0.05, 0) is 74.5 Å². The molecule has 22 heavy (non-hydrogen) atoms. The summed E-state index contributed by atoms with van der Waals surface area (Å²) in [5.74, 6) is -2.76. The Hall–Kier alpha value is -1.06. The van der Waals surface area contributed by atoms with Crippen molar-refractivity contribution in [2.24, 2.45) is 23.2 Å². The van der Waals surface area contributed by atoms with Gasteiger partial charge < -0.3 is 0 Å². The Morgan fingerprint density at radius 3 is 1.73 bits per heavy atom. The highest BCUT2D eigenvalue weighted by Crippen LogP contribution is 2.61. The van der Waals surface area contributed by atoms with E-state index >= 15 is 0 Å². The Morgan fingerprint density at radius 1 is 0.818 bits per heavy atom. The van der Waals surface area contributed by atoms with Crippen molar-refractivity contribution in [1.82, 2.24) is 0 Å². The average Bonchev–Trinajstić information content (AvgIpc) is 2.43. The molecule has 0 radical (unpaired) electrons. The van der Waals surface area contributed by atoms with Crippen LogP contribution < -0.4 is 0 Å². The van der Waals surface area contributed by atoms with Crippen LogP contribution in [0, 0.1) is 46.4 Å². The molecule has 4 aliphatic carbocycles. The predicted octanol–water partition coefficient (Wildman–Crippen LogP) is 5.39. The van der Waals surface area contributed by atoms with Gasteiger partial charge in [-0.1, -0.05) is 0 Å². The summed E-state index contributed by atoms with van der Waals surface area (Å²) >= 11 is 0. The molecule has 0 saturated heterocycles. The molecule has 0 heterocycles. The van der Waals surface area contributed by atoms with Crippen molar-refractivity contribution in [3.63, 3.8) is 0 Å². The summed E-state index contributed by atoms with van der Waals surface area (Å²) in [5.41, 5.74) is -0.260. The zero-order chi connectivity index (χ0) is 15.5. The number of halogens is 4. The average molecular weight is 312 g/mol. The molecule has 4 aliphatic rings. The minimum Gasteiger partial charge on any atom is -0.204 e. The molecule has 4 saturated carbocycles. The van der Waals surface area contributed by atoms with Gasteiger partial charge in [-0.25, -0.2) is 17.6 Å². The Labute approximate surface area is 127 Å². The van der Waals surface area contributed by atoms with Crippen molar-refractivity contribution >= 4 is 0 Å². The minimum absolute atomic E-state index is 0.0957. The third-order valence-corrected chi connectivity index (χ3v) is 6.27. The summed E-state index contributed by atoms with van der Waals surface area (Å²) in [4.78, 5) is 0.